The van der Waals surface area contributed by atoms with Gasteiger partial charge < -0.3 is 27.7 Å². The molecule has 2 aromatic rings. The fourth-order valence-electron chi connectivity index (χ4n) is 3.47. The fraction of sp³-hybridized carbons (Fsp3) is 0.400. The first-order valence-corrected chi connectivity index (χ1v) is 9.56. The highest BCUT2D eigenvalue weighted by Crippen LogP contribution is 2.48. The van der Waals surface area contributed by atoms with E-state index in [-0.39, 0.29) is 11.1 Å². The molecule has 0 heterocycles. The molecule has 2 aromatic carbocycles. The number of nitrogen functional groups attached to an aromatic ring is 4. The molecule has 0 aliphatic carbocycles. The molecule has 0 saturated carbocycles. The van der Waals surface area contributed by atoms with Gasteiger partial charge in [0.25, 0.3) is 0 Å². The summed E-state index contributed by atoms with van der Waals surface area (Å²) in [6.07, 6.45) is -14.2. The second-order valence-electron chi connectivity index (χ2n) is 7.70. The van der Waals surface area contributed by atoms with Gasteiger partial charge in [0.1, 0.15) is 0 Å². The normalized spacial score (nSPS) is 15.2. The van der Waals surface area contributed by atoms with E-state index in [0.717, 1.165) is 0 Å². The quantitative estimate of drug-likeness (QED) is 0.268. The maximum atomic E-state index is 13.6. The third-order valence-electron chi connectivity index (χ3n) is 5.15. The maximum Gasteiger partial charge on any atom is 0.458 e. The highest BCUT2D eigenvalue weighted by atomic mass is 19.4. The minimum atomic E-state index is -5.91. The van der Waals surface area contributed by atoms with Crippen LogP contribution in [0.1, 0.15) is 48.3 Å². The van der Waals surface area contributed by atoms with Crippen molar-refractivity contribution in [3.8, 4) is 0 Å². The average Bonchev–Trinajstić information content (AvgIpc) is 2.64. The van der Waals surface area contributed by atoms with Crippen molar-refractivity contribution >= 4 is 22.7 Å². The van der Waals surface area contributed by atoms with E-state index in [1.54, 1.807) is 0 Å². The molecule has 0 bridgehead atoms. The van der Waals surface area contributed by atoms with Crippen LogP contribution < -0.4 is 22.9 Å². The van der Waals surface area contributed by atoms with Crippen molar-refractivity contribution in [2.45, 2.75) is 50.3 Å². The van der Waals surface area contributed by atoms with Crippen molar-refractivity contribution in [1.29, 1.82) is 0 Å². The van der Waals surface area contributed by atoms with Gasteiger partial charge in [0.15, 0.2) is 0 Å². The molecule has 0 saturated heterocycles. The molecule has 0 aliphatic rings. The van der Waals surface area contributed by atoms with Gasteiger partial charge in [0.2, 0.25) is 0 Å². The zero-order valence-corrected chi connectivity index (χ0v) is 18.0. The molecule has 35 heavy (non-hydrogen) atoms. The Bertz CT molecular complexity index is 967. The number of hydrogen-bond donors (Lipinski definition) is 4. The van der Waals surface area contributed by atoms with Crippen molar-refractivity contribution in [3.05, 3.63) is 46.5 Å². The lowest BCUT2D eigenvalue weighted by molar-refractivity contribution is -0.289. The van der Waals surface area contributed by atoms with Gasteiger partial charge in [-0.25, -0.2) is 0 Å². The van der Waals surface area contributed by atoms with Crippen LogP contribution in [-0.4, -0.2) is 12.4 Å². The predicted molar refractivity (Wildman–Crippen MR) is 108 cm³/mol. The summed E-state index contributed by atoms with van der Waals surface area (Å²) >= 11 is 0. The standard InChI is InChI=1S/C20H20F10N4O/c1-7(15-11(31)3-9(4-12(15)32)17(21,22)19(25,26)27)35-8(2)16-13(33)5-10(6-14(16)34)18(23,24)20(28,29)30/h3-8H,31-34H2,1-2H3. The van der Waals surface area contributed by atoms with Crippen molar-refractivity contribution in [3.63, 3.8) is 0 Å². The zero-order chi connectivity index (χ0) is 27.3. The predicted octanol–water partition coefficient (Wildman–Crippen LogP) is 6.16. The molecular weight excluding hydrogens is 502 g/mol. The van der Waals surface area contributed by atoms with Crippen molar-refractivity contribution in [1.82, 2.24) is 0 Å². The van der Waals surface area contributed by atoms with E-state index < -0.39 is 70.3 Å². The van der Waals surface area contributed by atoms with E-state index in [1.165, 1.54) is 13.8 Å². The SMILES string of the molecule is CC(OC(C)c1c(N)cc(C(F)(F)C(F)(F)F)cc1N)c1c(N)cc(C(F)(F)C(F)(F)F)cc1N. The van der Waals surface area contributed by atoms with E-state index in [0.29, 0.717) is 24.3 Å². The van der Waals surface area contributed by atoms with Crippen LogP contribution in [0, 0.1) is 0 Å². The third-order valence-corrected chi connectivity index (χ3v) is 5.15. The van der Waals surface area contributed by atoms with Gasteiger partial charge in [0, 0.05) is 45.0 Å². The van der Waals surface area contributed by atoms with E-state index in [9.17, 15) is 43.9 Å². The van der Waals surface area contributed by atoms with Gasteiger partial charge in [0.05, 0.1) is 12.2 Å². The Morgan fingerprint density at radius 1 is 0.543 bits per heavy atom. The highest BCUT2D eigenvalue weighted by molar-refractivity contribution is 5.66. The minimum Gasteiger partial charge on any atom is -0.398 e. The largest absolute Gasteiger partial charge is 0.458 e. The molecule has 0 fully saturated rings. The van der Waals surface area contributed by atoms with Crippen molar-refractivity contribution in [2.75, 3.05) is 22.9 Å². The number of alkyl halides is 10. The van der Waals surface area contributed by atoms with Crippen molar-refractivity contribution < 1.29 is 48.6 Å². The fourth-order valence-corrected chi connectivity index (χ4v) is 3.47. The van der Waals surface area contributed by atoms with Crippen LogP contribution in [0.5, 0.6) is 0 Å². The number of anilines is 4. The van der Waals surface area contributed by atoms with E-state index in [2.05, 4.69) is 0 Å². The van der Waals surface area contributed by atoms with Gasteiger partial charge in [-0.1, -0.05) is 0 Å². The highest BCUT2D eigenvalue weighted by Gasteiger charge is 2.59. The molecule has 15 heteroatoms. The number of nitrogens with two attached hydrogens (primary N) is 4. The Labute approximate surface area is 192 Å². The second kappa shape index (κ2) is 8.84. The molecule has 2 rings (SSSR count). The summed E-state index contributed by atoms with van der Waals surface area (Å²) in [5, 5.41) is 0. The lowest BCUT2D eigenvalue weighted by Gasteiger charge is -2.27. The number of hydrogen-bond acceptors (Lipinski definition) is 5. The summed E-state index contributed by atoms with van der Waals surface area (Å²) in [6.45, 7) is 2.58. The Kier molecular flexibility index (Phi) is 7.11. The van der Waals surface area contributed by atoms with Crippen LogP contribution in [-0.2, 0) is 16.6 Å². The Hall–Kier alpha value is -3.10. The van der Waals surface area contributed by atoms with Crippen LogP contribution in [0.3, 0.4) is 0 Å². The molecule has 0 radical (unpaired) electrons. The first-order chi connectivity index (χ1) is 15.6. The Morgan fingerprint density at radius 2 is 0.771 bits per heavy atom. The molecule has 196 valence electrons. The topological polar surface area (TPSA) is 113 Å². The molecule has 2 atom stereocenters. The summed E-state index contributed by atoms with van der Waals surface area (Å²) in [7, 11) is 0. The molecule has 0 amide bonds. The minimum absolute atomic E-state index is 0.170. The number of ether oxygens (including phenoxy) is 1. The number of halogens is 10. The molecule has 8 N–H and O–H groups in total. The first kappa shape index (κ1) is 28.1. The van der Waals surface area contributed by atoms with Crippen LogP contribution in [0.2, 0.25) is 0 Å². The smallest absolute Gasteiger partial charge is 0.398 e. The zero-order valence-electron chi connectivity index (χ0n) is 18.0. The number of rotatable bonds is 6. The molecular formula is C20H20F10N4O. The van der Waals surface area contributed by atoms with Crippen LogP contribution in [0.4, 0.5) is 66.7 Å². The molecule has 0 aromatic heterocycles. The van der Waals surface area contributed by atoms with Crippen LogP contribution in [0.25, 0.3) is 0 Å². The molecule has 0 aliphatic heterocycles. The lowest BCUT2D eigenvalue weighted by atomic mass is 9.97. The second-order valence-corrected chi connectivity index (χ2v) is 7.70. The average molecular weight is 522 g/mol. The summed E-state index contributed by atoms with van der Waals surface area (Å²) in [5.41, 5.74) is 17.0. The summed E-state index contributed by atoms with van der Waals surface area (Å²) in [5.74, 6) is -10.5. The van der Waals surface area contributed by atoms with Crippen molar-refractivity contribution in [2.24, 2.45) is 0 Å². The maximum absolute atomic E-state index is 13.6. The van der Waals surface area contributed by atoms with Gasteiger partial charge in [-0.05, 0) is 38.1 Å². The summed E-state index contributed by atoms with van der Waals surface area (Å²) in [6, 6.07) is 1.50. The summed E-state index contributed by atoms with van der Waals surface area (Å²) < 4.78 is 136. The van der Waals surface area contributed by atoms with E-state index >= 15 is 0 Å². The Morgan fingerprint density at radius 3 is 0.971 bits per heavy atom. The molecule has 0 spiro atoms. The molecule has 2 unspecified atom stereocenters. The Balaban J connectivity index is 2.39. The van der Waals surface area contributed by atoms with Gasteiger partial charge >= 0.3 is 24.2 Å². The lowest BCUT2D eigenvalue weighted by Crippen LogP contribution is -2.34. The summed E-state index contributed by atoms with van der Waals surface area (Å²) in [4.78, 5) is 0. The van der Waals surface area contributed by atoms with E-state index in [1.807, 2.05) is 0 Å². The molecule has 5 nitrogen and oxygen atoms in total. The van der Waals surface area contributed by atoms with E-state index in [4.69, 9.17) is 27.7 Å². The van der Waals surface area contributed by atoms with Gasteiger partial charge in [-0.2, -0.15) is 43.9 Å². The monoisotopic (exact) mass is 522 g/mol. The van der Waals surface area contributed by atoms with Gasteiger partial charge in [-0.15, -0.1) is 0 Å². The van der Waals surface area contributed by atoms with Gasteiger partial charge in [-0.3, -0.25) is 0 Å². The number of benzene rings is 2. The van der Waals surface area contributed by atoms with Crippen LogP contribution >= 0.6 is 0 Å². The third kappa shape index (κ3) is 5.13. The first-order valence-electron chi connectivity index (χ1n) is 9.56. The van der Waals surface area contributed by atoms with Crippen LogP contribution in [0.15, 0.2) is 24.3 Å².